The first-order valence-electron chi connectivity index (χ1n) is 6.83. The number of hydrogen-bond acceptors (Lipinski definition) is 4. The average molecular weight is 319 g/mol. The summed E-state index contributed by atoms with van der Waals surface area (Å²) in [4.78, 5) is 24.0. The molecule has 6 heteroatoms. The fourth-order valence-electron chi connectivity index (χ4n) is 2.42. The van der Waals surface area contributed by atoms with Crippen LogP contribution in [0.4, 0.5) is 9.39 Å². The molecule has 0 spiro atoms. The molecule has 22 heavy (non-hydrogen) atoms. The molecule has 1 amide bonds. The van der Waals surface area contributed by atoms with Crippen molar-refractivity contribution in [3.05, 3.63) is 52.7 Å². The maximum atomic E-state index is 13.2. The minimum atomic E-state index is -0.422. The van der Waals surface area contributed by atoms with Crippen molar-refractivity contribution in [1.29, 1.82) is 0 Å². The Morgan fingerprint density at radius 3 is 2.86 bits per heavy atom. The lowest BCUT2D eigenvalue weighted by Crippen LogP contribution is -2.13. The lowest BCUT2D eigenvalue weighted by atomic mass is 10.1. The Bertz CT molecular complexity index is 728. The fraction of sp³-hybridized carbons (Fsp3) is 0.250. The predicted octanol–water partition coefficient (Wildman–Crippen LogP) is 3.42. The summed E-state index contributed by atoms with van der Waals surface area (Å²) >= 11 is 1.17. The zero-order valence-corrected chi connectivity index (χ0v) is 12.7. The van der Waals surface area contributed by atoms with Crippen LogP contribution < -0.4 is 5.32 Å². The van der Waals surface area contributed by atoms with Crippen molar-refractivity contribution >= 4 is 28.2 Å². The molecule has 1 heterocycles. The van der Waals surface area contributed by atoms with Gasteiger partial charge in [-0.05, 0) is 42.2 Å². The number of benzene rings is 1. The number of esters is 1. The Morgan fingerprint density at radius 1 is 1.32 bits per heavy atom. The summed E-state index contributed by atoms with van der Waals surface area (Å²) in [6.07, 6.45) is 0.713. The summed E-state index contributed by atoms with van der Waals surface area (Å²) in [5, 5.41) is 3.40. The van der Waals surface area contributed by atoms with Crippen molar-refractivity contribution in [2.75, 3.05) is 12.4 Å². The Kier molecular flexibility index (Phi) is 3.94. The normalized spacial score (nSPS) is 19.5. The van der Waals surface area contributed by atoms with Crippen LogP contribution >= 0.6 is 11.3 Å². The van der Waals surface area contributed by atoms with Crippen LogP contribution in [0, 0.1) is 11.7 Å². The summed E-state index contributed by atoms with van der Waals surface area (Å²) in [5.41, 5.74) is 0.849. The van der Waals surface area contributed by atoms with Crippen LogP contribution in [0.15, 0.2) is 36.4 Å². The van der Waals surface area contributed by atoms with E-state index in [1.807, 2.05) is 6.07 Å². The van der Waals surface area contributed by atoms with Crippen LogP contribution in [-0.2, 0) is 9.53 Å². The number of anilines is 1. The summed E-state index contributed by atoms with van der Waals surface area (Å²) in [7, 11) is 1.31. The molecule has 1 aromatic heterocycles. The van der Waals surface area contributed by atoms with Crippen LogP contribution in [0.25, 0.3) is 0 Å². The standard InChI is InChI=1S/C16H14FNO3S/c1-21-16(20)13-5-6-14(22-13)18-15(19)12-8-11(12)9-3-2-4-10(17)7-9/h2-7,11-12H,8H2,1H3,(H,18,19)/t11-,12+/m0/s1. The second-order valence-electron chi connectivity index (χ2n) is 5.15. The molecule has 1 aliphatic carbocycles. The molecular formula is C16H14FNO3S. The second-order valence-corrected chi connectivity index (χ2v) is 6.23. The van der Waals surface area contributed by atoms with Crippen LogP contribution in [0.3, 0.4) is 0 Å². The maximum Gasteiger partial charge on any atom is 0.348 e. The molecule has 0 unspecified atom stereocenters. The molecule has 1 aliphatic rings. The summed E-state index contributed by atoms with van der Waals surface area (Å²) in [6, 6.07) is 9.64. The third-order valence-electron chi connectivity index (χ3n) is 3.64. The van der Waals surface area contributed by atoms with Gasteiger partial charge < -0.3 is 10.1 Å². The maximum absolute atomic E-state index is 13.2. The van der Waals surface area contributed by atoms with Crippen molar-refractivity contribution in [3.8, 4) is 0 Å². The summed E-state index contributed by atoms with van der Waals surface area (Å²) in [5.74, 6) is -0.896. The topological polar surface area (TPSA) is 55.4 Å². The number of methoxy groups -OCH3 is 1. The first-order chi connectivity index (χ1) is 10.6. The Balaban J connectivity index is 1.62. The number of carbonyl (C=O) groups is 2. The highest BCUT2D eigenvalue weighted by atomic mass is 32.1. The quantitative estimate of drug-likeness (QED) is 0.879. The monoisotopic (exact) mass is 319 g/mol. The number of amides is 1. The molecule has 0 aliphatic heterocycles. The van der Waals surface area contributed by atoms with E-state index in [2.05, 4.69) is 10.1 Å². The van der Waals surface area contributed by atoms with E-state index in [9.17, 15) is 14.0 Å². The van der Waals surface area contributed by atoms with Crippen LogP contribution in [-0.4, -0.2) is 19.0 Å². The van der Waals surface area contributed by atoms with E-state index in [1.54, 1.807) is 18.2 Å². The lowest BCUT2D eigenvalue weighted by molar-refractivity contribution is -0.117. The van der Waals surface area contributed by atoms with Gasteiger partial charge in [0.2, 0.25) is 5.91 Å². The van der Waals surface area contributed by atoms with Gasteiger partial charge in [-0.15, -0.1) is 11.3 Å². The Hall–Kier alpha value is -2.21. The molecule has 0 bridgehead atoms. The molecule has 3 rings (SSSR count). The first-order valence-corrected chi connectivity index (χ1v) is 7.64. The minimum Gasteiger partial charge on any atom is -0.465 e. The molecule has 1 fully saturated rings. The number of carbonyl (C=O) groups excluding carboxylic acids is 2. The highest BCUT2D eigenvalue weighted by molar-refractivity contribution is 7.18. The largest absolute Gasteiger partial charge is 0.465 e. The Morgan fingerprint density at radius 2 is 2.14 bits per heavy atom. The van der Waals surface area contributed by atoms with Crippen molar-refractivity contribution in [1.82, 2.24) is 0 Å². The van der Waals surface area contributed by atoms with Gasteiger partial charge in [-0.1, -0.05) is 12.1 Å². The highest BCUT2D eigenvalue weighted by Crippen LogP contribution is 2.48. The summed E-state index contributed by atoms with van der Waals surface area (Å²) in [6.45, 7) is 0. The summed E-state index contributed by atoms with van der Waals surface area (Å²) < 4.78 is 17.8. The molecule has 2 aromatic rings. The van der Waals surface area contributed by atoms with Crippen LogP contribution in [0.2, 0.25) is 0 Å². The molecule has 4 nitrogen and oxygen atoms in total. The van der Waals surface area contributed by atoms with E-state index in [0.29, 0.717) is 16.3 Å². The van der Waals surface area contributed by atoms with Gasteiger partial charge in [0.25, 0.3) is 0 Å². The number of halogens is 1. The van der Waals surface area contributed by atoms with E-state index >= 15 is 0 Å². The van der Waals surface area contributed by atoms with Gasteiger partial charge in [0.15, 0.2) is 0 Å². The fourth-order valence-corrected chi connectivity index (χ4v) is 3.25. The zero-order chi connectivity index (χ0) is 15.7. The van der Waals surface area contributed by atoms with Crippen molar-refractivity contribution in [2.45, 2.75) is 12.3 Å². The molecule has 0 radical (unpaired) electrons. The molecule has 1 aromatic carbocycles. The second kappa shape index (κ2) is 5.88. The van der Waals surface area contributed by atoms with Gasteiger partial charge in [-0.3, -0.25) is 4.79 Å². The number of nitrogens with one attached hydrogen (secondary N) is 1. The highest BCUT2D eigenvalue weighted by Gasteiger charge is 2.44. The smallest absolute Gasteiger partial charge is 0.348 e. The van der Waals surface area contributed by atoms with Crippen molar-refractivity contribution < 1.29 is 18.7 Å². The zero-order valence-electron chi connectivity index (χ0n) is 11.8. The average Bonchev–Trinajstić information content (AvgIpc) is 3.19. The van der Waals surface area contributed by atoms with Gasteiger partial charge in [0.1, 0.15) is 10.7 Å². The van der Waals surface area contributed by atoms with Crippen LogP contribution in [0.1, 0.15) is 27.6 Å². The molecule has 1 N–H and O–H groups in total. The van der Waals surface area contributed by atoms with Gasteiger partial charge in [0, 0.05) is 5.92 Å². The molecule has 2 atom stereocenters. The lowest BCUT2D eigenvalue weighted by Gasteiger charge is -2.02. The van der Waals surface area contributed by atoms with E-state index in [0.717, 1.165) is 5.56 Å². The Labute approximate surface area is 130 Å². The molecule has 114 valence electrons. The van der Waals surface area contributed by atoms with E-state index in [-0.39, 0.29) is 23.6 Å². The first kappa shape index (κ1) is 14.7. The molecule has 1 saturated carbocycles. The van der Waals surface area contributed by atoms with E-state index in [1.165, 1.54) is 30.6 Å². The van der Waals surface area contributed by atoms with Gasteiger partial charge in [0.05, 0.1) is 12.1 Å². The number of thiophene rings is 1. The molecule has 0 saturated heterocycles. The predicted molar refractivity (Wildman–Crippen MR) is 81.5 cm³/mol. The number of rotatable bonds is 4. The van der Waals surface area contributed by atoms with E-state index in [4.69, 9.17) is 0 Å². The van der Waals surface area contributed by atoms with Crippen molar-refractivity contribution in [3.63, 3.8) is 0 Å². The van der Waals surface area contributed by atoms with Gasteiger partial charge >= 0.3 is 5.97 Å². The number of ether oxygens (including phenoxy) is 1. The third-order valence-corrected chi connectivity index (χ3v) is 4.62. The molecular weight excluding hydrogens is 305 g/mol. The van der Waals surface area contributed by atoms with Crippen LogP contribution in [0.5, 0.6) is 0 Å². The third kappa shape index (κ3) is 3.01. The SMILES string of the molecule is COC(=O)c1ccc(NC(=O)[C@@H]2C[C@H]2c2cccc(F)c2)s1. The van der Waals surface area contributed by atoms with Gasteiger partial charge in [-0.2, -0.15) is 0 Å². The van der Waals surface area contributed by atoms with E-state index < -0.39 is 5.97 Å². The number of hydrogen-bond donors (Lipinski definition) is 1. The minimum absolute atomic E-state index is 0.0655. The van der Waals surface area contributed by atoms with Gasteiger partial charge in [-0.25, -0.2) is 9.18 Å². The van der Waals surface area contributed by atoms with Crippen molar-refractivity contribution in [2.24, 2.45) is 5.92 Å².